The second-order valence-electron chi connectivity index (χ2n) is 8.76. The molecule has 1 amide bonds. The number of carbonyl (C=O) groups excluding carboxylic acids is 2. The number of esters is 1. The van der Waals surface area contributed by atoms with Crippen LogP contribution in [0.1, 0.15) is 74.7 Å². The van der Waals surface area contributed by atoms with Crippen molar-refractivity contribution in [1.29, 1.82) is 0 Å². The van der Waals surface area contributed by atoms with Crippen LogP contribution < -0.4 is 10.6 Å². The molecule has 1 atom stereocenters. The minimum absolute atomic E-state index is 0. The molecule has 10 heteroatoms. The van der Waals surface area contributed by atoms with Crippen LogP contribution in [0, 0.1) is 37.0 Å². The number of rotatable bonds is 10. The number of hydrogen-bond acceptors (Lipinski definition) is 5. The van der Waals surface area contributed by atoms with Gasteiger partial charge in [-0.25, -0.2) is 4.79 Å². The third kappa shape index (κ3) is 17.2. The molecule has 0 fully saturated rings. The van der Waals surface area contributed by atoms with E-state index in [0.29, 0.717) is 31.7 Å². The number of nitrogens with one attached hydrogen (secondary N) is 2. The first-order valence-electron chi connectivity index (χ1n) is 11.3. The van der Waals surface area contributed by atoms with Gasteiger partial charge in [-0.3, -0.25) is 10.1 Å². The van der Waals surface area contributed by atoms with Crippen LogP contribution >= 0.6 is 0 Å². The first-order valence-corrected chi connectivity index (χ1v) is 11.3. The monoisotopic (exact) mass is 716 g/mol. The molecule has 1 aromatic carbocycles. The van der Waals surface area contributed by atoms with Crippen molar-refractivity contribution in [2.45, 2.75) is 85.6 Å². The summed E-state index contributed by atoms with van der Waals surface area (Å²) in [5.74, 6) is -0.0445. The fraction of sp³-hybridized carbons (Fsp3) is 0.667. The van der Waals surface area contributed by atoms with Crippen molar-refractivity contribution in [1.82, 2.24) is 5.32 Å². The van der Waals surface area contributed by atoms with Crippen LogP contribution in [0.3, 0.4) is 0 Å². The van der Waals surface area contributed by atoms with Gasteiger partial charge in [-0.2, -0.15) is 13.2 Å². The fourth-order valence-corrected chi connectivity index (χ4v) is 2.81. The van der Waals surface area contributed by atoms with Gasteiger partial charge in [0, 0.05) is 38.2 Å². The maximum absolute atomic E-state index is 12.6. The van der Waals surface area contributed by atoms with Crippen LogP contribution in [0.5, 0.6) is 0 Å². The number of benzene rings is 1. The van der Waals surface area contributed by atoms with Gasteiger partial charge in [0.1, 0.15) is 11.7 Å². The topological polar surface area (TPSA) is 76.7 Å². The summed E-state index contributed by atoms with van der Waals surface area (Å²) in [6.45, 7) is 14.1. The molecular weight excluding hydrogens is 675 g/mol. The standard InChI is InChI=1S/C22H33F3N2O4.C2H6.U.H2/c1-15(2)13-18(7-6-12-26-14-19(28)31-21(3,4)5)30-20(29)27-17-10-8-16(9-11-17)22(23,24)25;1-2;;/h8-11,15,18,26H,6-7,12-14H2,1-5H3,(H,27,29);1-2H3;;1H/t18-;;;/m1.../s1. The van der Waals surface area contributed by atoms with E-state index in [-0.39, 0.29) is 56.8 Å². The van der Waals surface area contributed by atoms with Crippen LogP contribution in [0.25, 0.3) is 0 Å². The number of halogens is 3. The van der Waals surface area contributed by atoms with E-state index >= 15 is 0 Å². The minimum Gasteiger partial charge on any atom is -0.459 e. The molecule has 1 aromatic rings. The average molecular weight is 717 g/mol. The first-order chi connectivity index (χ1) is 15.3. The average Bonchev–Trinajstić information content (AvgIpc) is 2.67. The predicted octanol–water partition coefficient (Wildman–Crippen LogP) is 6.65. The van der Waals surface area contributed by atoms with E-state index in [9.17, 15) is 22.8 Å². The Hall–Kier alpha value is -1.24. The smallest absolute Gasteiger partial charge is 0.416 e. The molecule has 1 rings (SSSR count). The van der Waals surface area contributed by atoms with E-state index in [1.54, 1.807) is 20.8 Å². The van der Waals surface area contributed by atoms with Crippen molar-refractivity contribution < 1.29 is 64.8 Å². The summed E-state index contributed by atoms with van der Waals surface area (Å²) in [5, 5.41) is 5.46. The molecule has 0 unspecified atom stereocenters. The Morgan fingerprint density at radius 2 is 1.62 bits per heavy atom. The number of amides is 1. The zero-order chi connectivity index (χ0) is 25.7. The van der Waals surface area contributed by atoms with Crippen molar-refractivity contribution >= 4 is 17.7 Å². The largest absolute Gasteiger partial charge is 0.459 e. The molecule has 196 valence electrons. The van der Waals surface area contributed by atoms with E-state index in [2.05, 4.69) is 10.6 Å². The van der Waals surface area contributed by atoms with Crippen LogP contribution in [0.2, 0.25) is 0 Å². The number of anilines is 1. The van der Waals surface area contributed by atoms with Gasteiger partial charge in [0.15, 0.2) is 0 Å². The van der Waals surface area contributed by atoms with E-state index in [1.807, 2.05) is 27.7 Å². The quantitative estimate of drug-likeness (QED) is 0.210. The van der Waals surface area contributed by atoms with Crippen molar-refractivity contribution in [3.8, 4) is 0 Å². The van der Waals surface area contributed by atoms with Crippen LogP contribution in [-0.4, -0.2) is 36.9 Å². The molecule has 34 heavy (non-hydrogen) atoms. The molecule has 0 aliphatic carbocycles. The summed E-state index contributed by atoms with van der Waals surface area (Å²) < 4.78 is 48.5. The van der Waals surface area contributed by atoms with Gasteiger partial charge in [0.05, 0.1) is 12.1 Å². The molecule has 0 heterocycles. The second-order valence-corrected chi connectivity index (χ2v) is 8.76. The minimum atomic E-state index is -4.43. The third-order valence-electron chi connectivity index (χ3n) is 4.04. The van der Waals surface area contributed by atoms with Crippen LogP contribution in [0.4, 0.5) is 23.7 Å². The van der Waals surface area contributed by atoms with E-state index in [4.69, 9.17) is 9.47 Å². The second kappa shape index (κ2) is 17.2. The van der Waals surface area contributed by atoms with E-state index in [0.717, 1.165) is 12.1 Å². The summed E-state index contributed by atoms with van der Waals surface area (Å²) in [4.78, 5) is 23.8. The molecule has 2 N–H and O–H groups in total. The molecule has 0 spiro atoms. The van der Waals surface area contributed by atoms with Crippen LogP contribution in [-0.2, 0) is 20.4 Å². The molecule has 0 bridgehead atoms. The zero-order valence-corrected chi connectivity index (χ0v) is 25.4. The molecule has 0 saturated carbocycles. The van der Waals surface area contributed by atoms with Gasteiger partial charge >= 0.3 is 18.2 Å². The van der Waals surface area contributed by atoms with Crippen molar-refractivity contribution in [2.24, 2.45) is 5.92 Å². The molecule has 0 aliphatic rings. The molecule has 0 radical (unpaired) electrons. The van der Waals surface area contributed by atoms with Crippen LogP contribution in [0.15, 0.2) is 24.3 Å². The Morgan fingerprint density at radius 1 is 1.06 bits per heavy atom. The summed E-state index contributed by atoms with van der Waals surface area (Å²) in [5.41, 5.74) is -1.10. The first kappa shape index (κ1) is 34.9. The maximum atomic E-state index is 12.6. The Bertz CT molecular complexity index is 712. The summed E-state index contributed by atoms with van der Waals surface area (Å²) in [7, 11) is 0. The predicted molar refractivity (Wildman–Crippen MR) is 126 cm³/mol. The number of alkyl halides is 3. The summed E-state index contributed by atoms with van der Waals surface area (Å²) in [6.07, 6.45) is -3.59. The fourth-order valence-electron chi connectivity index (χ4n) is 2.81. The number of carbonyl (C=O) groups is 2. The van der Waals surface area contributed by atoms with E-state index < -0.39 is 23.4 Å². The van der Waals surface area contributed by atoms with Gasteiger partial charge in [0.2, 0.25) is 0 Å². The molecular formula is C24H41F3N2O4U. The Balaban J connectivity index is -0.00000249. The maximum Gasteiger partial charge on any atom is 0.416 e. The Labute approximate surface area is 227 Å². The molecule has 0 aromatic heterocycles. The van der Waals surface area contributed by atoms with Gasteiger partial charge in [0.25, 0.3) is 0 Å². The number of hydrogen-bond donors (Lipinski definition) is 2. The number of ether oxygens (including phenoxy) is 2. The van der Waals surface area contributed by atoms with Crippen molar-refractivity contribution in [3.63, 3.8) is 0 Å². The Kier molecular flexibility index (Phi) is 17.7. The third-order valence-corrected chi connectivity index (χ3v) is 4.04. The van der Waals surface area contributed by atoms with Gasteiger partial charge in [-0.15, -0.1) is 0 Å². The molecule has 0 saturated heterocycles. The molecule has 0 aliphatic heterocycles. The van der Waals surface area contributed by atoms with E-state index in [1.165, 1.54) is 12.1 Å². The zero-order valence-electron chi connectivity index (χ0n) is 21.3. The van der Waals surface area contributed by atoms with Gasteiger partial charge in [-0.05, 0) is 76.8 Å². The Morgan fingerprint density at radius 3 is 2.09 bits per heavy atom. The van der Waals surface area contributed by atoms with Gasteiger partial charge in [-0.1, -0.05) is 27.7 Å². The van der Waals surface area contributed by atoms with Crippen molar-refractivity contribution in [2.75, 3.05) is 18.4 Å². The summed E-state index contributed by atoms with van der Waals surface area (Å²) >= 11 is 0. The normalized spacial score (nSPS) is 12.1. The molecule has 6 nitrogen and oxygen atoms in total. The SMILES string of the molecule is CC.CC(C)C[C@@H](CCCNCC(=O)OC(C)(C)C)OC(=O)Nc1ccc(C(F)(F)F)cc1.[HH].[U]. The van der Waals surface area contributed by atoms with Crippen molar-refractivity contribution in [3.05, 3.63) is 29.8 Å². The summed E-state index contributed by atoms with van der Waals surface area (Å²) in [6, 6.07) is 4.17. The van der Waals surface area contributed by atoms with Gasteiger partial charge < -0.3 is 14.8 Å².